The van der Waals surface area contributed by atoms with Crippen molar-refractivity contribution in [3.63, 3.8) is 0 Å². The van der Waals surface area contributed by atoms with Gasteiger partial charge in [0.05, 0.1) is 5.25 Å². The van der Waals surface area contributed by atoms with E-state index in [0.29, 0.717) is 11.3 Å². The molecule has 5 aromatic rings. The molecule has 0 aliphatic carbocycles. The van der Waals surface area contributed by atoms with E-state index in [1.165, 1.54) is 11.8 Å². The number of anilines is 2. The van der Waals surface area contributed by atoms with Crippen molar-refractivity contribution in [3.05, 3.63) is 130 Å². The average molecular weight is 687 g/mol. The van der Waals surface area contributed by atoms with Crippen LogP contribution in [-0.2, 0) is 9.59 Å². The van der Waals surface area contributed by atoms with Gasteiger partial charge in [0, 0.05) is 48.1 Å². The molecule has 0 aliphatic heterocycles. The molecular formula is C33H27IN4O3S. The van der Waals surface area contributed by atoms with Crippen molar-refractivity contribution in [2.45, 2.75) is 17.1 Å². The van der Waals surface area contributed by atoms with Crippen LogP contribution in [0.15, 0.2) is 120 Å². The lowest BCUT2D eigenvalue weighted by molar-refractivity contribution is -0.115. The minimum Gasteiger partial charge on any atom is -0.361 e. The Labute approximate surface area is 261 Å². The van der Waals surface area contributed by atoms with Crippen molar-refractivity contribution in [1.29, 1.82) is 0 Å². The molecule has 1 aromatic heterocycles. The summed E-state index contributed by atoms with van der Waals surface area (Å²) in [5.41, 5.74) is 3.49. The Hall–Kier alpha value is -4.35. The monoisotopic (exact) mass is 686 g/mol. The number of nitrogens with one attached hydrogen (secondary N) is 4. The molecule has 210 valence electrons. The van der Waals surface area contributed by atoms with Crippen LogP contribution in [0.25, 0.3) is 17.0 Å². The Morgan fingerprint density at radius 2 is 1.57 bits per heavy atom. The maximum atomic E-state index is 13.5. The number of aromatic nitrogens is 1. The predicted octanol–water partition coefficient (Wildman–Crippen LogP) is 7.30. The number of amides is 3. The highest BCUT2D eigenvalue weighted by Crippen LogP contribution is 2.27. The van der Waals surface area contributed by atoms with Crippen LogP contribution in [-0.4, -0.2) is 28.0 Å². The van der Waals surface area contributed by atoms with Gasteiger partial charge in [-0.25, -0.2) is 0 Å². The normalized spacial score (nSPS) is 12.0. The topological polar surface area (TPSA) is 103 Å². The Morgan fingerprint density at radius 1 is 0.833 bits per heavy atom. The number of carbonyl (C=O) groups excluding carboxylic acids is 3. The SMILES string of the molecule is CC(Sc1cccc(NC(=O)/C(=C/c2c[nH]c3ccccc23)NC(=O)c2ccccc2)c1)C(=O)Nc1ccc(I)cc1. The van der Waals surface area contributed by atoms with E-state index in [1.807, 2.05) is 73.7 Å². The fraction of sp³-hybridized carbons (Fsp3) is 0.0606. The van der Waals surface area contributed by atoms with Crippen molar-refractivity contribution < 1.29 is 14.4 Å². The van der Waals surface area contributed by atoms with Crippen LogP contribution in [0, 0.1) is 3.57 Å². The maximum Gasteiger partial charge on any atom is 0.272 e. The van der Waals surface area contributed by atoms with E-state index in [4.69, 9.17) is 0 Å². The predicted molar refractivity (Wildman–Crippen MR) is 178 cm³/mol. The van der Waals surface area contributed by atoms with Crippen molar-refractivity contribution in [2.24, 2.45) is 0 Å². The molecule has 0 bridgehead atoms. The van der Waals surface area contributed by atoms with Gasteiger partial charge >= 0.3 is 0 Å². The van der Waals surface area contributed by atoms with Crippen LogP contribution in [0.1, 0.15) is 22.8 Å². The lowest BCUT2D eigenvalue weighted by Crippen LogP contribution is -2.30. The lowest BCUT2D eigenvalue weighted by Gasteiger charge is -2.14. The first-order valence-electron chi connectivity index (χ1n) is 13.1. The third kappa shape index (κ3) is 7.48. The maximum absolute atomic E-state index is 13.5. The number of benzene rings is 4. The molecule has 0 radical (unpaired) electrons. The number of hydrogen-bond acceptors (Lipinski definition) is 4. The molecule has 0 saturated carbocycles. The van der Waals surface area contributed by atoms with Crippen molar-refractivity contribution >= 4 is 80.4 Å². The summed E-state index contributed by atoms with van der Waals surface area (Å²) in [6.45, 7) is 1.83. The number of aromatic amines is 1. The van der Waals surface area contributed by atoms with E-state index in [2.05, 4.69) is 43.5 Å². The molecular weight excluding hydrogens is 659 g/mol. The zero-order chi connectivity index (χ0) is 29.5. The highest BCUT2D eigenvalue weighted by molar-refractivity contribution is 14.1. The molecule has 1 unspecified atom stereocenters. The van der Waals surface area contributed by atoms with Gasteiger partial charge < -0.3 is 20.9 Å². The molecule has 9 heteroatoms. The molecule has 4 N–H and O–H groups in total. The third-order valence-corrected chi connectivity index (χ3v) is 8.15. The van der Waals surface area contributed by atoms with Crippen LogP contribution < -0.4 is 16.0 Å². The molecule has 4 aromatic carbocycles. The highest BCUT2D eigenvalue weighted by Gasteiger charge is 2.18. The molecule has 1 heterocycles. The van der Waals surface area contributed by atoms with E-state index in [1.54, 1.807) is 48.7 Å². The van der Waals surface area contributed by atoms with Gasteiger partial charge in [0.1, 0.15) is 5.70 Å². The number of para-hydroxylation sites is 1. The zero-order valence-electron chi connectivity index (χ0n) is 22.6. The average Bonchev–Trinajstić information content (AvgIpc) is 3.41. The van der Waals surface area contributed by atoms with Crippen LogP contribution in [0.2, 0.25) is 0 Å². The van der Waals surface area contributed by atoms with E-state index in [0.717, 1.165) is 30.6 Å². The number of fused-ring (bicyclic) bond motifs is 1. The van der Waals surface area contributed by atoms with Gasteiger partial charge in [-0.3, -0.25) is 14.4 Å². The minimum atomic E-state index is -0.476. The fourth-order valence-electron chi connectivity index (χ4n) is 4.19. The Bertz CT molecular complexity index is 1770. The van der Waals surface area contributed by atoms with Gasteiger partial charge in [0.15, 0.2) is 0 Å². The Morgan fingerprint density at radius 3 is 2.36 bits per heavy atom. The number of thioether (sulfide) groups is 1. The first kappa shape index (κ1) is 29.2. The summed E-state index contributed by atoms with van der Waals surface area (Å²) in [7, 11) is 0. The minimum absolute atomic E-state index is 0.0944. The third-order valence-electron chi connectivity index (χ3n) is 6.34. The number of carbonyl (C=O) groups is 3. The summed E-state index contributed by atoms with van der Waals surface area (Å²) in [5, 5.41) is 9.16. The molecule has 0 saturated heterocycles. The van der Waals surface area contributed by atoms with Crippen molar-refractivity contribution in [1.82, 2.24) is 10.3 Å². The van der Waals surface area contributed by atoms with Crippen LogP contribution in [0.3, 0.4) is 0 Å². The smallest absolute Gasteiger partial charge is 0.272 e. The second-order valence-corrected chi connectivity index (χ2v) is 12.1. The summed E-state index contributed by atoms with van der Waals surface area (Å²) in [6.07, 6.45) is 3.46. The quantitative estimate of drug-likeness (QED) is 0.0743. The molecule has 0 aliphatic rings. The molecule has 3 amide bonds. The highest BCUT2D eigenvalue weighted by atomic mass is 127. The Balaban J connectivity index is 1.33. The summed E-state index contributed by atoms with van der Waals surface area (Å²) < 4.78 is 1.09. The van der Waals surface area contributed by atoms with Crippen LogP contribution >= 0.6 is 34.4 Å². The molecule has 0 spiro atoms. The summed E-state index contributed by atoms with van der Waals surface area (Å²) in [6, 6.07) is 31.3. The van der Waals surface area contributed by atoms with E-state index < -0.39 is 11.8 Å². The number of rotatable bonds is 9. The van der Waals surface area contributed by atoms with E-state index >= 15 is 0 Å². The first-order valence-corrected chi connectivity index (χ1v) is 15.1. The van der Waals surface area contributed by atoms with Gasteiger partial charge in [0.25, 0.3) is 11.8 Å². The standard InChI is InChI=1S/C33H27IN4O3S/c1-21(31(39)36-25-16-14-24(34)15-17-25)42-27-11-7-10-26(19-27)37-33(41)30(38-32(40)22-8-3-2-4-9-22)18-23-20-35-29-13-6-5-12-28(23)29/h2-21,35H,1H3,(H,36,39)(H,37,41)(H,38,40)/b30-18-. The van der Waals surface area contributed by atoms with E-state index in [9.17, 15) is 14.4 Å². The number of H-pyrrole nitrogens is 1. The van der Waals surface area contributed by atoms with Gasteiger partial charge in [-0.1, -0.05) is 42.5 Å². The largest absolute Gasteiger partial charge is 0.361 e. The van der Waals surface area contributed by atoms with Crippen molar-refractivity contribution in [3.8, 4) is 0 Å². The molecule has 5 rings (SSSR count). The van der Waals surface area contributed by atoms with Gasteiger partial charge in [-0.2, -0.15) is 0 Å². The zero-order valence-corrected chi connectivity index (χ0v) is 25.5. The van der Waals surface area contributed by atoms with Gasteiger partial charge in [-0.15, -0.1) is 11.8 Å². The molecule has 1 atom stereocenters. The summed E-state index contributed by atoms with van der Waals surface area (Å²) in [4.78, 5) is 43.3. The number of hydrogen-bond donors (Lipinski definition) is 4. The molecule has 0 fully saturated rings. The fourth-order valence-corrected chi connectivity index (χ4v) is 5.48. The van der Waals surface area contributed by atoms with Gasteiger partial charge in [-0.05, 0) is 96.3 Å². The number of halogens is 1. The summed E-state index contributed by atoms with van der Waals surface area (Å²) in [5.74, 6) is -0.992. The Kier molecular flexibility index (Phi) is 9.40. The second kappa shape index (κ2) is 13.5. The van der Waals surface area contributed by atoms with Crippen molar-refractivity contribution in [2.75, 3.05) is 10.6 Å². The van der Waals surface area contributed by atoms with Crippen LogP contribution in [0.4, 0.5) is 11.4 Å². The molecule has 7 nitrogen and oxygen atoms in total. The molecule has 42 heavy (non-hydrogen) atoms. The van der Waals surface area contributed by atoms with Gasteiger partial charge in [0.2, 0.25) is 5.91 Å². The first-order chi connectivity index (χ1) is 20.4. The van der Waals surface area contributed by atoms with Crippen LogP contribution in [0.5, 0.6) is 0 Å². The van der Waals surface area contributed by atoms with E-state index in [-0.39, 0.29) is 16.9 Å². The second-order valence-electron chi connectivity index (χ2n) is 9.41. The summed E-state index contributed by atoms with van der Waals surface area (Å²) >= 11 is 3.60. The lowest BCUT2D eigenvalue weighted by atomic mass is 10.1.